The summed E-state index contributed by atoms with van der Waals surface area (Å²) < 4.78 is 40.2. The lowest BCUT2D eigenvalue weighted by molar-refractivity contribution is 0.356. The van der Waals surface area contributed by atoms with Crippen molar-refractivity contribution in [3.05, 3.63) is 37.5 Å². The van der Waals surface area contributed by atoms with E-state index in [1.807, 2.05) is 0 Å². The van der Waals surface area contributed by atoms with Crippen LogP contribution in [0.2, 0.25) is 0 Å². The van der Waals surface area contributed by atoms with Crippen LogP contribution in [0.1, 0.15) is 0 Å². The molecule has 0 saturated carbocycles. The van der Waals surface area contributed by atoms with E-state index in [1.54, 1.807) is 0 Å². The molecule has 5 heteroatoms. The minimum atomic E-state index is -2.99. The zero-order valence-corrected chi connectivity index (χ0v) is 8.63. The predicted molar refractivity (Wildman–Crippen MR) is 54.0 cm³/mol. The zero-order chi connectivity index (χ0) is 10.9. The maximum Gasteiger partial charge on any atom is 0.210 e. The summed E-state index contributed by atoms with van der Waals surface area (Å²) in [5.41, 5.74) is 0. The fraction of sp³-hybridized carbons (Fsp3) is 0.333. The van der Waals surface area contributed by atoms with Gasteiger partial charge in [0.15, 0.2) is 0 Å². The van der Waals surface area contributed by atoms with Gasteiger partial charge in [0, 0.05) is 12.3 Å². The molecule has 0 spiro atoms. The molecule has 14 heavy (non-hydrogen) atoms. The maximum atomic E-state index is 11.8. The first-order chi connectivity index (χ1) is 6.68. The third-order valence-electron chi connectivity index (χ3n) is 1.37. The van der Waals surface area contributed by atoms with Crippen LogP contribution in [0, 0.1) is 0 Å². The fourth-order valence-electron chi connectivity index (χ4n) is 0.769. The molecule has 0 aromatic rings. The lowest BCUT2D eigenvalue weighted by Crippen LogP contribution is -1.97. The highest BCUT2D eigenvalue weighted by molar-refractivity contribution is 7.59. The molecule has 80 valence electrons. The van der Waals surface area contributed by atoms with Crippen molar-refractivity contribution in [2.75, 3.05) is 18.9 Å². The Hall–Kier alpha value is -0.730. The van der Waals surface area contributed by atoms with E-state index in [4.69, 9.17) is 4.52 Å². The molecular weight excluding hydrogens is 209 g/mol. The van der Waals surface area contributed by atoms with E-state index >= 15 is 0 Å². The molecule has 2 nitrogen and oxygen atoms in total. The third-order valence-corrected chi connectivity index (χ3v) is 3.53. The highest BCUT2D eigenvalue weighted by Gasteiger charge is 2.19. The van der Waals surface area contributed by atoms with Gasteiger partial charge in [-0.1, -0.05) is 6.08 Å². The van der Waals surface area contributed by atoms with E-state index in [1.165, 1.54) is 6.08 Å². The van der Waals surface area contributed by atoms with Crippen molar-refractivity contribution < 1.29 is 17.9 Å². The van der Waals surface area contributed by atoms with Gasteiger partial charge >= 0.3 is 0 Å². The molecule has 0 bridgehead atoms. The van der Waals surface area contributed by atoms with E-state index in [-0.39, 0.29) is 18.9 Å². The average Bonchev–Trinajstić information content (AvgIpc) is 2.21. The lowest BCUT2D eigenvalue weighted by Gasteiger charge is -2.13. The molecular formula is C9H13F2O2P. The van der Waals surface area contributed by atoms with Crippen LogP contribution in [0.4, 0.5) is 8.78 Å². The first-order valence-corrected chi connectivity index (χ1v) is 6.02. The van der Waals surface area contributed by atoms with Gasteiger partial charge in [0.05, 0.1) is 19.3 Å². The lowest BCUT2D eigenvalue weighted by atomic mass is 10.7. The summed E-state index contributed by atoms with van der Waals surface area (Å²) in [6, 6.07) is 0. The summed E-state index contributed by atoms with van der Waals surface area (Å²) in [6.07, 6.45) is 4.13. The molecule has 0 fully saturated rings. The number of halogens is 2. The van der Waals surface area contributed by atoms with Crippen LogP contribution >= 0.6 is 7.37 Å². The summed E-state index contributed by atoms with van der Waals surface area (Å²) in [5, 5.41) is 0. The van der Waals surface area contributed by atoms with Crippen molar-refractivity contribution in [2.45, 2.75) is 0 Å². The summed E-state index contributed by atoms with van der Waals surface area (Å²) in [5.74, 6) is 0. The number of hydrogen-bond donors (Lipinski definition) is 0. The van der Waals surface area contributed by atoms with Crippen LogP contribution in [0.5, 0.6) is 0 Å². The van der Waals surface area contributed by atoms with E-state index in [9.17, 15) is 13.3 Å². The highest BCUT2D eigenvalue weighted by atomic mass is 31.2. The van der Waals surface area contributed by atoms with Gasteiger partial charge in [-0.25, -0.2) is 8.78 Å². The Labute approximate surface area is 82.4 Å². The number of rotatable bonds is 7. The second-order valence-electron chi connectivity index (χ2n) is 2.49. The van der Waals surface area contributed by atoms with Crippen LogP contribution < -0.4 is 0 Å². The van der Waals surface area contributed by atoms with Gasteiger partial charge in [-0.15, -0.1) is 6.58 Å². The normalized spacial score (nSPS) is 16.1. The second kappa shape index (κ2) is 7.65. The van der Waals surface area contributed by atoms with Crippen molar-refractivity contribution in [2.24, 2.45) is 0 Å². The third kappa shape index (κ3) is 5.84. The molecule has 0 heterocycles. The van der Waals surface area contributed by atoms with Gasteiger partial charge in [0.1, 0.15) is 0 Å². The van der Waals surface area contributed by atoms with Gasteiger partial charge in [0.2, 0.25) is 7.37 Å². The minimum absolute atomic E-state index is 0.0400. The Bertz CT molecular complexity index is 244. The summed E-state index contributed by atoms with van der Waals surface area (Å²) in [4.78, 5) is 0. The fourth-order valence-corrected chi connectivity index (χ4v) is 2.31. The molecule has 0 aliphatic carbocycles. The van der Waals surface area contributed by atoms with E-state index < -0.39 is 7.37 Å². The molecule has 0 saturated heterocycles. The Morgan fingerprint density at radius 2 is 1.71 bits per heavy atom. The van der Waals surface area contributed by atoms with Gasteiger partial charge in [-0.05, 0) is 12.2 Å². The molecule has 0 radical (unpaired) electrons. The Morgan fingerprint density at radius 3 is 2.07 bits per heavy atom. The molecule has 0 aliphatic heterocycles. The van der Waals surface area contributed by atoms with Crippen LogP contribution in [-0.4, -0.2) is 18.9 Å². The molecule has 0 aliphatic rings. The van der Waals surface area contributed by atoms with Gasteiger partial charge in [-0.3, -0.25) is 4.57 Å². The summed E-state index contributed by atoms with van der Waals surface area (Å²) in [7, 11) is -2.99. The van der Waals surface area contributed by atoms with E-state index in [2.05, 4.69) is 6.58 Å². The van der Waals surface area contributed by atoms with Crippen LogP contribution in [-0.2, 0) is 9.09 Å². The smallest absolute Gasteiger partial charge is 0.210 e. The standard InChI is InChI=1S/C9H13F2O2P/c1-2-7-13-14(12,8-3-5-10)9-4-6-11/h2-6H,1,7-9H2. The first-order valence-electron chi connectivity index (χ1n) is 4.02. The van der Waals surface area contributed by atoms with Crippen molar-refractivity contribution >= 4 is 7.37 Å². The number of hydrogen-bond acceptors (Lipinski definition) is 2. The van der Waals surface area contributed by atoms with Crippen molar-refractivity contribution in [1.82, 2.24) is 0 Å². The van der Waals surface area contributed by atoms with Crippen LogP contribution in [0.3, 0.4) is 0 Å². The van der Waals surface area contributed by atoms with Crippen molar-refractivity contribution in [3.63, 3.8) is 0 Å². The Kier molecular flexibility index (Phi) is 7.25. The molecule has 0 aromatic carbocycles. The summed E-state index contributed by atoms with van der Waals surface area (Å²) in [6.45, 7) is 3.50. The largest absolute Gasteiger partial charge is 0.324 e. The second-order valence-corrected chi connectivity index (χ2v) is 5.11. The zero-order valence-electron chi connectivity index (χ0n) is 7.73. The van der Waals surface area contributed by atoms with E-state index in [0.717, 1.165) is 12.2 Å². The number of allylic oxidation sites excluding steroid dienone is 2. The van der Waals surface area contributed by atoms with Crippen molar-refractivity contribution in [1.29, 1.82) is 0 Å². The maximum absolute atomic E-state index is 11.8. The SMILES string of the molecule is C=CCOP(=O)(CC=CF)CC=CF. The van der Waals surface area contributed by atoms with Gasteiger partial charge < -0.3 is 4.52 Å². The van der Waals surface area contributed by atoms with Gasteiger partial charge in [0.25, 0.3) is 0 Å². The van der Waals surface area contributed by atoms with E-state index in [0.29, 0.717) is 12.7 Å². The minimum Gasteiger partial charge on any atom is -0.324 e. The summed E-state index contributed by atoms with van der Waals surface area (Å²) >= 11 is 0. The Balaban J connectivity index is 4.31. The highest BCUT2D eigenvalue weighted by Crippen LogP contribution is 2.46. The molecule has 0 rings (SSSR count). The Morgan fingerprint density at radius 1 is 1.21 bits per heavy atom. The average molecular weight is 222 g/mol. The molecule has 0 atom stereocenters. The van der Waals surface area contributed by atoms with Crippen LogP contribution in [0.15, 0.2) is 37.5 Å². The molecule has 0 aromatic heterocycles. The molecule has 0 amide bonds. The molecule has 0 N–H and O–H groups in total. The topological polar surface area (TPSA) is 26.3 Å². The predicted octanol–water partition coefficient (Wildman–Crippen LogP) is 3.43. The first kappa shape index (κ1) is 13.3. The molecule has 0 unspecified atom stereocenters. The quantitative estimate of drug-likeness (QED) is 0.487. The van der Waals surface area contributed by atoms with Crippen molar-refractivity contribution in [3.8, 4) is 0 Å². The monoisotopic (exact) mass is 222 g/mol. The van der Waals surface area contributed by atoms with Crippen LogP contribution in [0.25, 0.3) is 0 Å². The van der Waals surface area contributed by atoms with Gasteiger partial charge in [-0.2, -0.15) is 0 Å².